The van der Waals surface area contributed by atoms with Gasteiger partial charge in [0.15, 0.2) is 0 Å². The Morgan fingerprint density at radius 2 is 1.70 bits per heavy atom. The number of nitrogens with one attached hydrogen (secondary N) is 1. The zero-order valence-corrected chi connectivity index (χ0v) is 6.90. The predicted molar refractivity (Wildman–Crippen MR) is 44.1 cm³/mol. The molecule has 0 radical (unpaired) electrons. The van der Waals surface area contributed by atoms with Crippen LogP contribution in [0, 0.1) is 0 Å². The third-order valence-electron chi connectivity index (χ3n) is 1.43. The van der Waals surface area contributed by atoms with Gasteiger partial charge >= 0.3 is 0 Å². The van der Waals surface area contributed by atoms with E-state index in [0.29, 0.717) is 6.61 Å². The van der Waals surface area contributed by atoms with Crippen molar-refractivity contribution in [1.29, 1.82) is 0 Å². The molecule has 0 aromatic heterocycles. The quantitative estimate of drug-likeness (QED) is 0.580. The van der Waals surface area contributed by atoms with Crippen LogP contribution >= 0.6 is 0 Å². The van der Waals surface area contributed by atoms with Crippen molar-refractivity contribution in [3.05, 3.63) is 0 Å². The standard InChI is InChI=1S/C5H11N.C3H8O/c1-2-4-6-5-3-1;1-2-3-4/h6H,1-5H2;4H,2-3H2,1H3. The fraction of sp³-hybridized carbons (Fsp3) is 1.00. The average molecular weight is 145 g/mol. The third-order valence-corrected chi connectivity index (χ3v) is 1.43. The lowest BCUT2D eigenvalue weighted by molar-refractivity contribution is 0.295. The van der Waals surface area contributed by atoms with Gasteiger partial charge in [0.05, 0.1) is 0 Å². The minimum atomic E-state index is 0.319. The second kappa shape index (κ2) is 8.92. The molecule has 2 N–H and O–H groups in total. The molecule has 10 heavy (non-hydrogen) atoms. The van der Waals surface area contributed by atoms with E-state index >= 15 is 0 Å². The first-order valence-electron chi connectivity index (χ1n) is 4.23. The molecule has 0 unspecified atom stereocenters. The van der Waals surface area contributed by atoms with Crippen molar-refractivity contribution in [2.75, 3.05) is 19.7 Å². The van der Waals surface area contributed by atoms with Crippen molar-refractivity contribution in [2.45, 2.75) is 32.6 Å². The minimum absolute atomic E-state index is 0.319. The van der Waals surface area contributed by atoms with Gasteiger partial charge in [0.1, 0.15) is 0 Å². The molecule has 0 atom stereocenters. The summed E-state index contributed by atoms with van der Waals surface area (Å²) >= 11 is 0. The third kappa shape index (κ3) is 7.92. The SMILES string of the molecule is C1CCNCC1.CCCO. The second-order valence-corrected chi connectivity index (χ2v) is 2.53. The Labute approximate surface area is 63.6 Å². The van der Waals surface area contributed by atoms with E-state index in [1.54, 1.807) is 0 Å². The van der Waals surface area contributed by atoms with E-state index in [2.05, 4.69) is 5.32 Å². The summed E-state index contributed by atoms with van der Waals surface area (Å²) in [6.07, 6.45) is 5.09. The molecule has 1 aliphatic heterocycles. The summed E-state index contributed by atoms with van der Waals surface area (Å²) in [5.41, 5.74) is 0. The van der Waals surface area contributed by atoms with Crippen LogP contribution in [0.4, 0.5) is 0 Å². The first-order valence-corrected chi connectivity index (χ1v) is 4.23. The number of rotatable bonds is 1. The molecule has 2 heteroatoms. The maximum atomic E-state index is 7.88. The van der Waals surface area contributed by atoms with Gasteiger partial charge in [0, 0.05) is 6.61 Å². The summed E-state index contributed by atoms with van der Waals surface area (Å²) in [6, 6.07) is 0. The lowest BCUT2D eigenvalue weighted by Crippen LogP contribution is -2.21. The van der Waals surface area contributed by atoms with Crippen molar-refractivity contribution >= 4 is 0 Å². The van der Waals surface area contributed by atoms with Crippen LogP contribution in [0.2, 0.25) is 0 Å². The molecule has 1 heterocycles. The molecule has 0 amide bonds. The molecule has 0 aromatic carbocycles. The molecule has 0 aromatic rings. The molecule has 1 rings (SSSR count). The van der Waals surface area contributed by atoms with Gasteiger partial charge in [-0.3, -0.25) is 0 Å². The molecule has 0 saturated carbocycles. The van der Waals surface area contributed by atoms with E-state index in [-0.39, 0.29) is 0 Å². The van der Waals surface area contributed by atoms with Crippen LogP contribution in [-0.2, 0) is 0 Å². The van der Waals surface area contributed by atoms with Crippen LogP contribution in [0.15, 0.2) is 0 Å². The summed E-state index contributed by atoms with van der Waals surface area (Å²) in [6.45, 7) is 4.75. The molecular weight excluding hydrogens is 126 g/mol. The lowest BCUT2D eigenvalue weighted by Gasteiger charge is -2.08. The number of hydrogen-bond donors (Lipinski definition) is 2. The molecule has 0 spiro atoms. The van der Waals surface area contributed by atoms with Crippen LogP contribution in [0.25, 0.3) is 0 Å². The van der Waals surface area contributed by atoms with Crippen LogP contribution < -0.4 is 5.32 Å². The highest BCUT2D eigenvalue weighted by Crippen LogP contribution is 1.96. The van der Waals surface area contributed by atoms with E-state index < -0.39 is 0 Å². The van der Waals surface area contributed by atoms with E-state index in [0.717, 1.165) is 6.42 Å². The second-order valence-electron chi connectivity index (χ2n) is 2.53. The van der Waals surface area contributed by atoms with Gasteiger partial charge < -0.3 is 10.4 Å². The van der Waals surface area contributed by atoms with Crippen LogP contribution in [0.5, 0.6) is 0 Å². The number of aliphatic hydroxyl groups is 1. The van der Waals surface area contributed by atoms with Gasteiger partial charge in [-0.15, -0.1) is 0 Å². The average Bonchev–Trinajstić information content (AvgIpc) is 2.08. The first kappa shape index (κ1) is 9.92. The van der Waals surface area contributed by atoms with Crippen LogP contribution in [0.1, 0.15) is 32.6 Å². The molecule has 1 aliphatic rings. The first-order chi connectivity index (χ1) is 4.91. The Kier molecular flexibility index (Phi) is 8.85. The number of aliphatic hydroxyl groups excluding tert-OH is 1. The summed E-state index contributed by atoms with van der Waals surface area (Å²) in [5, 5.41) is 11.2. The van der Waals surface area contributed by atoms with Gasteiger partial charge in [-0.1, -0.05) is 13.3 Å². The zero-order chi connectivity index (χ0) is 7.66. The van der Waals surface area contributed by atoms with Crippen molar-refractivity contribution in [1.82, 2.24) is 5.32 Å². The largest absolute Gasteiger partial charge is 0.396 e. The lowest BCUT2D eigenvalue weighted by atomic mass is 10.2. The molecule has 2 nitrogen and oxygen atoms in total. The summed E-state index contributed by atoms with van der Waals surface area (Å²) in [7, 11) is 0. The Bertz CT molecular complexity index is 39.7. The van der Waals surface area contributed by atoms with Gasteiger partial charge in [-0.2, -0.15) is 0 Å². The Balaban J connectivity index is 0.000000180. The molecule has 62 valence electrons. The van der Waals surface area contributed by atoms with E-state index in [1.165, 1.54) is 32.4 Å². The molecule has 1 fully saturated rings. The maximum absolute atomic E-state index is 7.88. The van der Waals surface area contributed by atoms with Crippen molar-refractivity contribution < 1.29 is 5.11 Å². The van der Waals surface area contributed by atoms with Crippen molar-refractivity contribution in [3.8, 4) is 0 Å². The Hall–Kier alpha value is -0.0800. The highest BCUT2D eigenvalue weighted by molar-refractivity contribution is 4.55. The van der Waals surface area contributed by atoms with Crippen LogP contribution in [0.3, 0.4) is 0 Å². The van der Waals surface area contributed by atoms with Gasteiger partial charge in [0.25, 0.3) is 0 Å². The smallest absolute Gasteiger partial charge is 0.0428 e. The van der Waals surface area contributed by atoms with E-state index in [4.69, 9.17) is 5.11 Å². The summed E-state index contributed by atoms with van der Waals surface area (Å²) < 4.78 is 0. The van der Waals surface area contributed by atoms with Crippen molar-refractivity contribution in [3.63, 3.8) is 0 Å². The topological polar surface area (TPSA) is 32.3 Å². The summed E-state index contributed by atoms with van der Waals surface area (Å²) in [4.78, 5) is 0. The maximum Gasteiger partial charge on any atom is 0.0428 e. The van der Waals surface area contributed by atoms with Gasteiger partial charge in [-0.05, 0) is 32.4 Å². The monoisotopic (exact) mass is 145 g/mol. The van der Waals surface area contributed by atoms with E-state index in [1.807, 2.05) is 6.92 Å². The number of hydrogen-bond acceptors (Lipinski definition) is 2. The van der Waals surface area contributed by atoms with Crippen LogP contribution in [-0.4, -0.2) is 24.8 Å². The van der Waals surface area contributed by atoms with E-state index in [9.17, 15) is 0 Å². The minimum Gasteiger partial charge on any atom is -0.396 e. The molecular formula is C8H19NO. The molecule has 1 saturated heterocycles. The van der Waals surface area contributed by atoms with Gasteiger partial charge in [0.2, 0.25) is 0 Å². The fourth-order valence-corrected chi connectivity index (χ4v) is 0.802. The molecule has 0 bridgehead atoms. The summed E-state index contributed by atoms with van der Waals surface area (Å²) in [5.74, 6) is 0. The zero-order valence-electron chi connectivity index (χ0n) is 6.90. The van der Waals surface area contributed by atoms with Crippen molar-refractivity contribution in [2.24, 2.45) is 0 Å². The normalized spacial score (nSPS) is 17.4. The number of piperidine rings is 1. The highest BCUT2D eigenvalue weighted by atomic mass is 16.2. The molecule has 0 aliphatic carbocycles. The Morgan fingerprint density at radius 1 is 1.20 bits per heavy atom. The Morgan fingerprint density at radius 3 is 1.80 bits per heavy atom. The highest BCUT2D eigenvalue weighted by Gasteiger charge is 1.93. The predicted octanol–water partition coefficient (Wildman–Crippen LogP) is 1.15. The fourth-order valence-electron chi connectivity index (χ4n) is 0.802. The van der Waals surface area contributed by atoms with Gasteiger partial charge in [-0.25, -0.2) is 0 Å².